The summed E-state index contributed by atoms with van der Waals surface area (Å²) in [5.74, 6) is 1.44. The fraction of sp³-hybridized carbons (Fsp3) is 0.200. The van der Waals surface area contributed by atoms with Crippen molar-refractivity contribution >= 4 is 17.0 Å². The first-order valence-corrected chi connectivity index (χ1v) is 5.27. The number of rotatable bonds is 4. The molecule has 74 valence electrons. The van der Waals surface area contributed by atoms with Crippen molar-refractivity contribution in [1.29, 1.82) is 0 Å². The number of hydrogen-bond acceptors (Lipinski definition) is 4. The van der Waals surface area contributed by atoms with Crippen LogP contribution in [0.3, 0.4) is 0 Å². The number of nitrogens with one attached hydrogen (secondary N) is 1. The first-order chi connectivity index (χ1) is 6.88. The van der Waals surface area contributed by atoms with E-state index in [0.29, 0.717) is 12.3 Å². The van der Waals surface area contributed by atoms with Crippen molar-refractivity contribution in [2.45, 2.75) is 13.2 Å². The fourth-order valence-corrected chi connectivity index (χ4v) is 1.77. The van der Waals surface area contributed by atoms with Gasteiger partial charge < -0.3 is 14.8 Å². The SMILES string of the molecule is OCc1ccc(CNc2ccsc2)o1. The van der Waals surface area contributed by atoms with Crippen molar-refractivity contribution in [2.75, 3.05) is 5.32 Å². The summed E-state index contributed by atoms with van der Waals surface area (Å²) in [6, 6.07) is 5.66. The van der Waals surface area contributed by atoms with Crippen LogP contribution in [0.2, 0.25) is 0 Å². The molecule has 2 aromatic heterocycles. The van der Waals surface area contributed by atoms with Crippen molar-refractivity contribution in [3.63, 3.8) is 0 Å². The molecule has 2 rings (SSSR count). The van der Waals surface area contributed by atoms with Gasteiger partial charge in [0.05, 0.1) is 6.54 Å². The molecule has 2 aromatic rings. The molecule has 0 saturated heterocycles. The van der Waals surface area contributed by atoms with Crippen LogP contribution >= 0.6 is 11.3 Å². The third-order valence-corrected chi connectivity index (χ3v) is 2.54. The Bertz CT molecular complexity index is 380. The molecule has 0 aliphatic carbocycles. The van der Waals surface area contributed by atoms with Gasteiger partial charge in [-0.15, -0.1) is 0 Å². The van der Waals surface area contributed by atoms with E-state index in [1.165, 1.54) is 0 Å². The third kappa shape index (κ3) is 2.16. The van der Waals surface area contributed by atoms with Crippen molar-refractivity contribution < 1.29 is 9.52 Å². The molecule has 0 amide bonds. The van der Waals surface area contributed by atoms with Gasteiger partial charge in [-0.1, -0.05) is 0 Å². The Hall–Kier alpha value is -1.26. The molecule has 0 bridgehead atoms. The fourth-order valence-electron chi connectivity index (χ4n) is 1.16. The summed E-state index contributed by atoms with van der Waals surface area (Å²) in [6.07, 6.45) is 0. The lowest BCUT2D eigenvalue weighted by molar-refractivity contribution is 0.244. The lowest BCUT2D eigenvalue weighted by Gasteiger charge is -1.99. The Kier molecular flexibility index (Phi) is 2.86. The van der Waals surface area contributed by atoms with Crippen LogP contribution in [0, 0.1) is 0 Å². The number of hydrogen-bond donors (Lipinski definition) is 2. The molecule has 2 heterocycles. The van der Waals surface area contributed by atoms with E-state index in [-0.39, 0.29) is 6.61 Å². The number of thiophene rings is 1. The van der Waals surface area contributed by atoms with Crippen molar-refractivity contribution in [1.82, 2.24) is 0 Å². The third-order valence-electron chi connectivity index (χ3n) is 1.86. The van der Waals surface area contributed by atoms with Crippen LogP contribution < -0.4 is 5.32 Å². The van der Waals surface area contributed by atoms with Crippen LogP contribution in [0.15, 0.2) is 33.4 Å². The number of furan rings is 1. The Balaban J connectivity index is 1.92. The zero-order chi connectivity index (χ0) is 9.80. The maximum atomic E-state index is 8.79. The first-order valence-electron chi connectivity index (χ1n) is 4.33. The molecule has 0 aliphatic heterocycles. The van der Waals surface area contributed by atoms with Gasteiger partial charge in [0.2, 0.25) is 0 Å². The van der Waals surface area contributed by atoms with Crippen molar-refractivity contribution in [3.8, 4) is 0 Å². The number of aliphatic hydroxyl groups is 1. The molecule has 2 N–H and O–H groups in total. The van der Waals surface area contributed by atoms with Gasteiger partial charge in [-0.05, 0) is 23.6 Å². The summed E-state index contributed by atoms with van der Waals surface area (Å²) < 4.78 is 5.32. The maximum Gasteiger partial charge on any atom is 0.129 e. The van der Waals surface area contributed by atoms with E-state index in [9.17, 15) is 0 Å². The number of anilines is 1. The lowest BCUT2D eigenvalue weighted by Crippen LogP contribution is -1.96. The second-order valence-corrected chi connectivity index (χ2v) is 3.67. The van der Waals surface area contributed by atoms with Gasteiger partial charge in [-0.25, -0.2) is 0 Å². The van der Waals surface area contributed by atoms with E-state index in [4.69, 9.17) is 9.52 Å². The van der Waals surface area contributed by atoms with Gasteiger partial charge in [-0.3, -0.25) is 0 Å². The Labute approximate surface area is 86.0 Å². The minimum Gasteiger partial charge on any atom is -0.462 e. The van der Waals surface area contributed by atoms with Gasteiger partial charge in [0.1, 0.15) is 18.1 Å². The van der Waals surface area contributed by atoms with Crippen LogP contribution in [0.25, 0.3) is 0 Å². The standard InChI is InChI=1S/C10H11NO2S/c12-6-10-2-1-9(13-10)5-11-8-3-4-14-7-8/h1-4,7,11-12H,5-6H2. The van der Waals surface area contributed by atoms with Gasteiger partial charge in [0.25, 0.3) is 0 Å². The van der Waals surface area contributed by atoms with E-state index in [1.807, 2.05) is 22.9 Å². The summed E-state index contributed by atoms with van der Waals surface area (Å²) in [6.45, 7) is 0.606. The van der Waals surface area contributed by atoms with Gasteiger partial charge in [-0.2, -0.15) is 11.3 Å². The van der Waals surface area contributed by atoms with Crippen LogP contribution in [0.1, 0.15) is 11.5 Å². The van der Waals surface area contributed by atoms with E-state index in [2.05, 4.69) is 5.32 Å². The second kappa shape index (κ2) is 4.30. The summed E-state index contributed by atoms with van der Waals surface area (Å²) in [4.78, 5) is 0. The van der Waals surface area contributed by atoms with Crippen LogP contribution in [-0.4, -0.2) is 5.11 Å². The van der Waals surface area contributed by atoms with Crippen LogP contribution in [-0.2, 0) is 13.2 Å². The molecule has 0 aromatic carbocycles. The van der Waals surface area contributed by atoms with E-state index < -0.39 is 0 Å². The Morgan fingerprint density at radius 1 is 1.29 bits per heavy atom. The molecule has 4 heteroatoms. The van der Waals surface area contributed by atoms with Crippen molar-refractivity contribution in [2.24, 2.45) is 0 Å². The molecule has 0 fully saturated rings. The normalized spacial score (nSPS) is 10.4. The van der Waals surface area contributed by atoms with E-state index in [0.717, 1.165) is 11.4 Å². The van der Waals surface area contributed by atoms with E-state index in [1.54, 1.807) is 17.4 Å². The average Bonchev–Trinajstić information content (AvgIpc) is 2.86. The summed E-state index contributed by atoms with van der Waals surface area (Å²) in [7, 11) is 0. The summed E-state index contributed by atoms with van der Waals surface area (Å²) in [5.41, 5.74) is 1.09. The van der Waals surface area contributed by atoms with E-state index >= 15 is 0 Å². The maximum absolute atomic E-state index is 8.79. The first kappa shape index (κ1) is 9.30. The summed E-state index contributed by atoms with van der Waals surface area (Å²) in [5, 5.41) is 16.1. The predicted octanol–water partition coefficient (Wildman–Crippen LogP) is 2.45. The van der Waals surface area contributed by atoms with Gasteiger partial charge >= 0.3 is 0 Å². The lowest BCUT2D eigenvalue weighted by atomic mass is 10.4. The molecular formula is C10H11NO2S. The average molecular weight is 209 g/mol. The Morgan fingerprint density at radius 2 is 2.14 bits per heavy atom. The topological polar surface area (TPSA) is 45.4 Å². The molecule has 14 heavy (non-hydrogen) atoms. The second-order valence-electron chi connectivity index (χ2n) is 2.89. The molecule has 0 aliphatic rings. The minimum absolute atomic E-state index is 0.0432. The number of aliphatic hydroxyl groups excluding tert-OH is 1. The molecule has 0 atom stereocenters. The molecule has 0 spiro atoms. The summed E-state index contributed by atoms with van der Waals surface area (Å²) >= 11 is 1.65. The highest BCUT2D eigenvalue weighted by Gasteiger charge is 2.00. The van der Waals surface area contributed by atoms with Gasteiger partial charge in [0.15, 0.2) is 0 Å². The molecule has 0 saturated carbocycles. The largest absolute Gasteiger partial charge is 0.462 e. The Morgan fingerprint density at radius 3 is 2.79 bits per heavy atom. The zero-order valence-electron chi connectivity index (χ0n) is 7.56. The minimum atomic E-state index is -0.0432. The predicted molar refractivity (Wildman–Crippen MR) is 56.3 cm³/mol. The highest BCUT2D eigenvalue weighted by atomic mass is 32.1. The molecule has 0 unspecified atom stereocenters. The molecule has 0 radical (unpaired) electrons. The van der Waals surface area contributed by atoms with Crippen LogP contribution in [0.5, 0.6) is 0 Å². The quantitative estimate of drug-likeness (QED) is 0.813. The monoisotopic (exact) mass is 209 g/mol. The molecule has 3 nitrogen and oxygen atoms in total. The zero-order valence-corrected chi connectivity index (χ0v) is 8.38. The highest BCUT2D eigenvalue weighted by molar-refractivity contribution is 7.08. The smallest absolute Gasteiger partial charge is 0.129 e. The van der Waals surface area contributed by atoms with Gasteiger partial charge in [0, 0.05) is 11.1 Å². The highest BCUT2D eigenvalue weighted by Crippen LogP contribution is 2.14. The van der Waals surface area contributed by atoms with Crippen molar-refractivity contribution in [3.05, 3.63) is 40.5 Å². The van der Waals surface area contributed by atoms with Crippen LogP contribution in [0.4, 0.5) is 5.69 Å². The molecular weight excluding hydrogens is 198 g/mol.